The molecule has 3 aromatic rings. The fourth-order valence-electron chi connectivity index (χ4n) is 2.67. The minimum atomic E-state index is 0. The van der Waals surface area contributed by atoms with Crippen molar-refractivity contribution in [3.05, 3.63) is 77.9 Å². The summed E-state index contributed by atoms with van der Waals surface area (Å²) in [4.78, 5) is 4.15. The molecule has 0 aliphatic heterocycles. The van der Waals surface area contributed by atoms with Gasteiger partial charge in [0.15, 0.2) is 12.4 Å². The first-order valence-electron chi connectivity index (χ1n) is 9.17. The molecule has 0 amide bonds. The molecule has 28 heavy (non-hydrogen) atoms. The predicted molar refractivity (Wildman–Crippen MR) is 118 cm³/mol. The van der Waals surface area contributed by atoms with E-state index in [0.29, 0.717) is 0 Å². The highest BCUT2D eigenvalue weighted by Gasteiger charge is 2.10. The Labute approximate surface area is 168 Å². The molecule has 2 aromatic carbocycles. The number of rotatable bonds is 6. The first kappa shape index (κ1) is 19.4. The predicted octanol–water partition coefficient (Wildman–Crippen LogP) is 3.09. The normalized spacial score (nSPS) is 11.5. The van der Waals surface area contributed by atoms with Crippen LogP contribution in [0.3, 0.4) is 0 Å². The van der Waals surface area contributed by atoms with Gasteiger partial charge in [0.2, 0.25) is 0 Å². The largest absolute Gasteiger partial charge is 1.00 e. The van der Waals surface area contributed by atoms with Gasteiger partial charge in [-0.2, -0.15) is 0 Å². The van der Waals surface area contributed by atoms with Gasteiger partial charge < -0.3 is 9.80 Å². The van der Waals surface area contributed by atoms with Gasteiger partial charge in [-0.1, -0.05) is 34.5 Å². The number of hydrogen-bond acceptors (Lipinski definition) is 4. The van der Waals surface area contributed by atoms with Crippen molar-refractivity contribution in [2.45, 2.75) is 6.92 Å². The van der Waals surface area contributed by atoms with E-state index in [4.69, 9.17) is 0 Å². The lowest BCUT2D eigenvalue weighted by molar-refractivity contribution is -0.684. The number of hydrogen-bond donors (Lipinski definition) is 0. The van der Waals surface area contributed by atoms with Crippen LogP contribution in [0.5, 0.6) is 0 Å². The van der Waals surface area contributed by atoms with Gasteiger partial charge in [-0.25, -0.2) is 0 Å². The molecular weight excluding hydrogens is 348 g/mol. The van der Waals surface area contributed by atoms with Gasteiger partial charge >= 0.3 is 7.25 Å². The van der Waals surface area contributed by atoms with Crippen LogP contribution in [0.2, 0.25) is 0 Å². The molecule has 0 saturated heterocycles. The lowest BCUT2D eigenvalue weighted by Crippen LogP contribution is -2.29. The molecule has 0 N–H and O–H groups in total. The van der Waals surface area contributed by atoms with Gasteiger partial charge in [-0.15, -0.1) is 9.35 Å². The second-order valence-electron chi connectivity index (χ2n) is 7.00. The lowest BCUT2D eigenvalue weighted by atomic mass is 10.2. The number of benzene rings is 2. The molecule has 0 aliphatic carbocycles. The Balaban J connectivity index is 0.00000300. The monoisotopic (exact) mass is 376 g/mol. The summed E-state index contributed by atoms with van der Waals surface area (Å²) in [5, 5.41) is 9.07. The molecule has 0 aliphatic rings. The van der Waals surface area contributed by atoms with Crippen LogP contribution in [0.15, 0.2) is 71.1 Å². The number of nitrogens with zero attached hydrogens (tertiary/aromatic N) is 6. The first-order chi connectivity index (χ1) is 13.4. The van der Waals surface area contributed by atoms with E-state index in [-0.39, 0.29) is 1.43 Å². The zero-order valence-electron chi connectivity index (χ0n) is 18.1. The van der Waals surface area contributed by atoms with Crippen LogP contribution in [-0.4, -0.2) is 45.3 Å². The standard InChI is InChI=1S/C22H27N6/c1-18-27(23-16-19-6-10-21(11-7-19)25(2)3)14-15-28(18)24-17-20-8-12-22(13-9-20)26(4)5/h6-17H,1-5H3/q+1/p+1. The molecule has 6 nitrogen and oxygen atoms in total. The minimum absolute atomic E-state index is 0. The quantitative estimate of drug-likeness (QED) is 0.490. The van der Waals surface area contributed by atoms with Gasteiger partial charge in [0.05, 0.1) is 12.4 Å². The average molecular weight is 377 g/mol. The Hall–Kier alpha value is -3.41. The average Bonchev–Trinajstić information content (AvgIpc) is 3.05. The van der Waals surface area contributed by atoms with Crippen molar-refractivity contribution < 1.29 is 6.10 Å². The van der Waals surface area contributed by atoms with Gasteiger partial charge in [0.25, 0.3) is 0 Å². The van der Waals surface area contributed by atoms with Crippen LogP contribution in [0.1, 0.15) is 18.4 Å². The summed E-state index contributed by atoms with van der Waals surface area (Å²) in [5.74, 6) is 0.919. The van der Waals surface area contributed by atoms with Crippen molar-refractivity contribution in [1.82, 2.24) is 4.68 Å². The highest BCUT2D eigenvalue weighted by atomic mass is 15.5. The van der Waals surface area contributed by atoms with Crippen LogP contribution in [0.25, 0.3) is 0 Å². The van der Waals surface area contributed by atoms with Crippen molar-refractivity contribution in [2.24, 2.45) is 10.2 Å². The van der Waals surface area contributed by atoms with E-state index in [0.717, 1.165) is 17.0 Å². The Morgan fingerprint density at radius 1 is 0.821 bits per heavy atom. The van der Waals surface area contributed by atoms with Crippen molar-refractivity contribution in [1.29, 1.82) is 0 Å². The minimum Gasteiger partial charge on any atom is -0.378 e. The maximum atomic E-state index is 4.54. The van der Waals surface area contributed by atoms with Crippen LogP contribution >= 0.6 is 0 Å². The maximum absolute atomic E-state index is 4.54. The molecule has 1 aromatic heterocycles. The van der Waals surface area contributed by atoms with Crippen LogP contribution in [0, 0.1) is 6.92 Å². The van der Waals surface area contributed by atoms with E-state index in [1.165, 1.54) is 11.4 Å². The van der Waals surface area contributed by atoms with Crippen molar-refractivity contribution in [2.75, 3.05) is 38.0 Å². The Kier molecular flexibility index (Phi) is 5.89. The zero-order chi connectivity index (χ0) is 20.1. The van der Waals surface area contributed by atoms with Crippen LogP contribution in [0.4, 0.5) is 11.4 Å². The van der Waals surface area contributed by atoms with Crippen LogP contribution < -0.4 is 14.5 Å². The number of anilines is 2. The summed E-state index contributed by atoms with van der Waals surface area (Å²) in [5.41, 5.74) is 4.43. The third-order valence-corrected chi connectivity index (χ3v) is 4.49. The van der Waals surface area contributed by atoms with Gasteiger partial charge in [0.1, 0.15) is 0 Å². The van der Waals surface area contributed by atoms with Crippen LogP contribution in [-0.2, 0) is 0 Å². The molecule has 0 bridgehead atoms. The van der Waals surface area contributed by atoms with E-state index in [9.17, 15) is 0 Å². The lowest BCUT2D eigenvalue weighted by Gasteiger charge is -2.11. The zero-order valence-corrected chi connectivity index (χ0v) is 17.1. The van der Waals surface area contributed by atoms with E-state index < -0.39 is 0 Å². The molecule has 0 atom stereocenters. The number of aromatic nitrogens is 2. The summed E-state index contributed by atoms with van der Waals surface area (Å²) < 4.78 is 3.62. The van der Waals surface area contributed by atoms with Crippen molar-refractivity contribution in [3.63, 3.8) is 0 Å². The van der Waals surface area contributed by atoms with Crippen molar-refractivity contribution >= 4 is 23.8 Å². The number of imidazole rings is 1. The topological polar surface area (TPSA) is 40.0 Å². The summed E-state index contributed by atoms with van der Waals surface area (Å²) in [6.07, 6.45) is 7.49. The summed E-state index contributed by atoms with van der Waals surface area (Å²) in [6, 6.07) is 16.5. The summed E-state index contributed by atoms with van der Waals surface area (Å²) in [6.45, 7) is 1.99. The Bertz CT molecular complexity index is 891. The Morgan fingerprint density at radius 3 is 1.82 bits per heavy atom. The van der Waals surface area contributed by atoms with E-state index in [1.54, 1.807) is 0 Å². The third-order valence-electron chi connectivity index (χ3n) is 4.49. The summed E-state index contributed by atoms with van der Waals surface area (Å²) >= 11 is 0. The molecule has 6 heteroatoms. The van der Waals surface area contributed by atoms with Crippen molar-refractivity contribution in [3.8, 4) is 0 Å². The van der Waals surface area contributed by atoms with E-state index in [2.05, 4.69) is 68.5 Å². The second-order valence-corrected chi connectivity index (χ2v) is 7.00. The molecule has 0 spiro atoms. The fraction of sp³-hybridized carbons (Fsp3) is 0.227. The summed E-state index contributed by atoms with van der Waals surface area (Å²) in [7, 11) is 8.12. The van der Waals surface area contributed by atoms with Gasteiger partial charge in [-0.3, -0.25) is 0 Å². The smallest absolute Gasteiger partial charge is 0.378 e. The van der Waals surface area contributed by atoms with Gasteiger partial charge in [-0.05, 0) is 35.4 Å². The third kappa shape index (κ3) is 4.65. The molecule has 0 unspecified atom stereocenters. The molecule has 0 saturated carbocycles. The second kappa shape index (κ2) is 8.52. The van der Waals surface area contributed by atoms with Gasteiger partial charge in [0, 0.05) is 46.5 Å². The molecule has 0 radical (unpaired) electrons. The first-order valence-corrected chi connectivity index (χ1v) is 9.17. The Morgan fingerprint density at radius 2 is 1.32 bits per heavy atom. The SMILES string of the molecule is Cc1n(N=Cc2ccc(N(C)C)cc2)cc[n+]1N=Cc1ccc(N(C)C)cc1.[H+]. The molecule has 0 fully saturated rings. The molecule has 144 valence electrons. The maximum Gasteiger partial charge on any atom is 1.00 e. The molecule has 1 heterocycles. The fourth-order valence-corrected chi connectivity index (χ4v) is 2.67. The molecule has 3 rings (SSSR count). The molecular formula is C22H28N6+2. The van der Waals surface area contributed by atoms with E-state index >= 15 is 0 Å². The van der Waals surface area contributed by atoms with E-state index in [1.807, 2.05) is 69.3 Å². The highest BCUT2D eigenvalue weighted by molar-refractivity contribution is 5.80. The highest BCUT2D eigenvalue weighted by Crippen LogP contribution is 2.12.